The van der Waals surface area contributed by atoms with Gasteiger partial charge in [-0.2, -0.15) is 0 Å². The minimum Gasteiger partial charge on any atom is -0.396 e. The maximum atomic E-state index is 13.1. The lowest BCUT2D eigenvalue weighted by Crippen LogP contribution is -1.92. The molecule has 1 aromatic heterocycles. The van der Waals surface area contributed by atoms with E-state index in [1.54, 1.807) is 30.6 Å². The average Bonchev–Trinajstić information content (AvgIpc) is 2.32. The van der Waals surface area contributed by atoms with Crippen LogP contribution in [-0.4, -0.2) is 9.97 Å². The monoisotopic (exact) mass is 235 g/mol. The van der Waals surface area contributed by atoms with Crippen molar-refractivity contribution < 1.29 is 4.39 Å². The number of nitrogens with zero attached hydrogens (tertiary/aromatic N) is 2. The van der Waals surface area contributed by atoms with E-state index in [4.69, 9.17) is 5.73 Å². The molecule has 1 aromatic carbocycles. The molecule has 0 saturated carbocycles. The van der Waals surface area contributed by atoms with Gasteiger partial charge in [0.1, 0.15) is 11.6 Å². The van der Waals surface area contributed by atoms with Gasteiger partial charge in [-0.1, -0.05) is 0 Å². The Bertz CT molecular complexity index is 476. The third kappa shape index (κ3) is 2.70. The van der Waals surface area contributed by atoms with E-state index in [9.17, 15) is 4.39 Å². The molecular weight excluding hydrogens is 225 g/mol. The summed E-state index contributed by atoms with van der Waals surface area (Å²) >= 11 is 1.48. The fourth-order valence-electron chi connectivity index (χ4n) is 1.15. The van der Waals surface area contributed by atoms with Crippen molar-refractivity contribution in [2.75, 3.05) is 5.73 Å². The predicted octanol–water partition coefficient (Wildman–Crippen LogP) is 2.49. The van der Waals surface area contributed by atoms with E-state index in [-0.39, 0.29) is 11.5 Å². The molecule has 0 radical (unpaired) electrons. The van der Waals surface area contributed by atoms with Crippen LogP contribution in [0.3, 0.4) is 0 Å². The van der Waals surface area contributed by atoms with Crippen molar-refractivity contribution in [2.45, 2.75) is 10.6 Å². The van der Waals surface area contributed by atoms with Gasteiger partial charge in [0.25, 0.3) is 0 Å². The molecule has 3 nitrogen and oxygen atoms in total. The Kier molecular flexibility index (Phi) is 3.36. The molecule has 5 heteroatoms. The summed E-state index contributed by atoms with van der Waals surface area (Å²) < 4.78 is 13.1. The third-order valence-electron chi connectivity index (χ3n) is 1.96. The Morgan fingerprint density at radius 3 is 2.69 bits per heavy atom. The van der Waals surface area contributed by atoms with E-state index in [2.05, 4.69) is 9.97 Å². The van der Waals surface area contributed by atoms with Crippen LogP contribution in [0.15, 0.2) is 41.6 Å². The van der Waals surface area contributed by atoms with Crippen molar-refractivity contribution in [1.82, 2.24) is 9.97 Å². The van der Waals surface area contributed by atoms with Gasteiger partial charge in [0, 0.05) is 17.3 Å². The molecule has 0 bridgehead atoms. The Hall–Kier alpha value is -1.62. The van der Waals surface area contributed by atoms with E-state index >= 15 is 0 Å². The van der Waals surface area contributed by atoms with Crippen LogP contribution in [0, 0.1) is 5.82 Å². The number of benzene rings is 1. The van der Waals surface area contributed by atoms with E-state index in [1.165, 1.54) is 17.8 Å². The van der Waals surface area contributed by atoms with Gasteiger partial charge in [0.15, 0.2) is 0 Å². The predicted molar refractivity (Wildman–Crippen MR) is 62.4 cm³/mol. The van der Waals surface area contributed by atoms with E-state index < -0.39 is 0 Å². The molecule has 2 rings (SSSR count). The van der Waals surface area contributed by atoms with Gasteiger partial charge in [0.2, 0.25) is 0 Å². The highest BCUT2D eigenvalue weighted by atomic mass is 32.2. The first-order chi connectivity index (χ1) is 7.75. The lowest BCUT2D eigenvalue weighted by Gasteiger charge is -2.02. The summed E-state index contributed by atoms with van der Waals surface area (Å²) in [7, 11) is 0. The van der Waals surface area contributed by atoms with Gasteiger partial charge in [-0.25, -0.2) is 14.4 Å². The van der Waals surface area contributed by atoms with Gasteiger partial charge in [-0.05, 0) is 24.3 Å². The molecule has 0 atom stereocenters. The molecule has 0 aliphatic carbocycles. The largest absolute Gasteiger partial charge is 0.396 e. The average molecular weight is 235 g/mol. The minimum absolute atomic E-state index is 0.167. The maximum absolute atomic E-state index is 13.1. The molecule has 82 valence electrons. The molecule has 0 unspecified atom stereocenters. The molecule has 0 amide bonds. The lowest BCUT2D eigenvalue weighted by molar-refractivity contribution is 0.629. The van der Waals surface area contributed by atoms with Crippen LogP contribution in [0.25, 0.3) is 0 Å². The number of anilines is 1. The van der Waals surface area contributed by atoms with Crippen LogP contribution >= 0.6 is 11.8 Å². The number of nitrogens with two attached hydrogens (primary N) is 1. The first-order valence-corrected chi connectivity index (χ1v) is 5.68. The van der Waals surface area contributed by atoms with E-state index in [0.29, 0.717) is 5.75 Å². The Morgan fingerprint density at radius 1 is 1.25 bits per heavy atom. The number of rotatable bonds is 3. The molecular formula is C11H10FN3S. The van der Waals surface area contributed by atoms with E-state index in [0.717, 1.165) is 10.7 Å². The first-order valence-electron chi connectivity index (χ1n) is 4.69. The molecule has 0 aliphatic heterocycles. The van der Waals surface area contributed by atoms with Crippen molar-refractivity contribution in [3.8, 4) is 0 Å². The van der Waals surface area contributed by atoms with Crippen LogP contribution in [0.5, 0.6) is 0 Å². The number of hydrogen-bond donors (Lipinski definition) is 1. The Labute approximate surface area is 96.9 Å². The highest BCUT2D eigenvalue weighted by Gasteiger charge is 2.02. The van der Waals surface area contributed by atoms with Gasteiger partial charge in [-0.3, -0.25) is 0 Å². The summed E-state index contributed by atoms with van der Waals surface area (Å²) in [5.41, 5.74) is 5.55. The molecule has 2 aromatic rings. The number of halogens is 1. The van der Waals surface area contributed by atoms with E-state index in [1.807, 2.05) is 0 Å². The van der Waals surface area contributed by atoms with Crippen LogP contribution in [0.1, 0.15) is 5.82 Å². The van der Waals surface area contributed by atoms with Crippen molar-refractivity contribution in [3.63, 3.8) is 0 Å². The zero-order valence-corrected chi connectivity index (χ0v) is 9.25. The van der Waals surface area contributed by atoms with Crippen LogP contribution in [-0.2, 0) is 5.75 Å². The Balaban J connectivity index is 2.03. The second-order valence-corrected chi connectivity index (χ2v) is 4.19. The molecule has 0 aliphatic rings. The molecule has 0 fully saturated rings. The first kappa shape index (κ1) is 10.9. The molecule has 16 heavy (non-hydrogen) atoms. The molecule has 1 heterocycles. The topological polar surface area (TPSA) is 51.8 Å². The summed E-state index contributed by atoms with van der Waals surface area (Å²) in [6.07, 6.45) is 3.37. The summed E-state index contributed by atoms with van der Waals surface area (Å²) in [6.45, 7) is 0. The number of nitrogen functional groups attached to an aromatic ring is 1. The molecule has 0 spiro atoms. The van der Waals surface area contributed by atoms with Crippen molar-refractivity contribution >= 4 is 17.4 Å². The highest BCUT2D eigenvalue weighted by Crippen LogP contribution is 2.24. The van der Waals surface area contributed by atoms with Gasteiger partial charge < -0.3 is 5.73 Å². The minimum atomic E-state index is -0.390. The summed E-state index contributed by atoms with van der Waals surface area (Å²) in [5.74, 6) is 0.952. The smallest absolute Gasteiger partial charge is 0.147 e. The fourth-order valence-corrected chi connectivity index (χ4v) is 1.95. The standard InChI is InChI=1S/C11H10FN3S/c12-9-6-8(2-3-10(9)13)16-7-11-14-4-1-5-15-11/h1-6H,7,13H2. The maximum Gasteiger partial charge on any atom is 0.147 e. The lowest BCUT2D eigenvalue weighted by atomic mass is 10.3. The van der Waals surface area contributed by atoms with Crippen LogP contribution < -0.4 is 5.73 Å². The quantitative estimate of drug-likeness (QED) is 0.656. The number of aromatic nitrogens is 2. The zero-order valence-electron chi connectivity index (χ0n) is 8.43. The highest BCUT2D eigenvalue weighted by molar-refractivity contribution is 7.98. The molecule has 0 saturated heterocycles. The van der Waals surface area contributed by atoms with Gasteiger partial charge in [0.05, 0.1) is 11.4 Å². The van der Waals surface area contributed by atoms with Crippen LogP contribution in [0.2, 0.25) is 0 Å². The van der Waals surface area contributed by atoms with Gasteiger partial charge >= 0.3 is 0 Å². The SMILES string of the molecule is Nc1ccc(SCc2ncccn2)cc1F. The number of thioether (sulfide) groups is 1. The van der Waals surface area contributed by atoms with Gasteiger partial charge in [-0.15, -0.1) is 11.8 Å². The van der Waals surface area contributed by atoms with Crippen LogP contribution in [0.4, 0.5) is 10.1 Å². The third-order valence-corrected chi connectivity index (χ3v) is 2.95. The summed E-state index contributed by atoms with van der Waals surface area (Å²) in [4.78, 5) is 8.99. The summed E-state index contributed by atoms with van der Waals surface area (Å²) in [5, 5.41) is 0. The van der Waals surface area contributed by atoms with Crippen molar-refractivity contribution in [3.05, 3.63) is 48.3 Å². The number of hydrogen-bond acceptors (Lipinski definition) is 4. The molecule has 2 N–H and O–H groups in total. The summed E-state index contributed by atoms with van der Waals surface area (Å²) in [6, 6.07) is 6.52. The normalized spacial score (nSPS) is 10.3. The Morgan fingerprint density at radius 2 is 2.00 bits per heavy atom. The van der Waals surface area contributed by atoms with Crippen molar-refractivity contribution in [2.24, 2.45) is 0 Å². The second kappa shape index (κ2) is 4.94. The second-order valence-electron chi connectivity index (χ2n) is 3.14. The fraction of sp³-hybridized carbons (Fsp3) is 0.0909. The van der Waals surface area contributed by atoms with Crippen molar-refractivity contribution in [1.29, 1.82) is 0 Å². The zero-order chi connectivity index (χ0) is 11.4.